The van der Waals surface area contributed by atoms with Gasteiger partial charge in [0.2, 0.25) is 0 Å². The van der Waals surface area contributed by atoms with Crippen molar-refractivity contribution in [1.82, 2.24) is 5.32 Å². The molecule has 16 heavy (non-hydrogen) atoms. The van der Waals surface area contributed by atoms with E-state index in [1.54, 1.807) is 0 Å². The Bertz CT molecular complexity index is 364. The number of benzene rings is 1. The molecule has 1 aromatic carbocycles. The van der Waals surface area contributed by atoms with Crippen LogP contribution in [0, 0.1) is 11.6 Å². The van der Waals surface area contributed by atoms with E-state index in [1.165, 1.54) is 12.1 Å². The van der Waals surface area contributed by atoms with Gasteiger partial charge in [0.05, 0.1) is 6.10 Å². The van der Waals surface area contributed by atoms with Gasteiger partial charge in [-0.05, 0) is 31.0 Å². The van der Waals surface area contributed by atoms with Gasteiger partial charge >= 0.3 is 0 Å². The third kappa shape index (κ3) is 2.39. The minimum absolute atomic E-state index is 0.00247. The third-order valence-corrected chi connectivity index (χ3v) is 3.02. The van der Waals surface area contributed by atoms with Crippen LogP contribution < -0.4 is 5.32 Å². The van der Waals surface area contributed by atoms with E-state index in [2.05, 4.69) is 5.32 Å². The molecule has 0 radical (unpaired) electrons. The van der Waals surface area contributed by atoms with Crippen LogP contribution in [0.25, 0.3) is 0 Å². The molecule has 2 atom stereocenters. The Morgan fingerprint density at radius 2 is 2.25 bits per heavy atom. The lowest BCUT2D eigenvalue weighted by molar-refractivity contribution is 0.134. The van der Waals surface area contributed by atoms with Gasteiger partial charge in [0.1, 0.15) is 0 Å². The molecular weight excluding hydrogens is 212 g/mol. The van der Waals surface area contributed by atoms with E-state index < -0.39 is 17.7 Å². The van der Waals surface area contributed by atoms with Crippen LogP contribution in [0.4, 0.5) is 8.78 Å². The second kappa shape index (κ2) is 4.89. The number of hydrogen-bond acceptors (Lipinski definition) is 2. The van der Waals surface area contributed by atoms with Crippen molar-refractivity contribution in [3.8, 4) is 0 Å². The zero-order chi connectivity index (χ0) is 11.5. The second-order valence-electron chi connectivity index (χ2n) is 4.19. The highest BCUT2D eigenvalue weighted by Crippen LogP contribution is 2.17. The van der Waals surface area contributed by atoms with Gasteiger partial charge in [-0.3, -0.25) is 0 Å². The minimum atomic E-state index is -0.857. The molecular formula is C12H15F2NO. The number of aliphatic hydroxyl groups excluding tert-OH is 1. The van der Waals surface area contributed by atoms with Gasteiger partial charge in [-0.25, -0.2) is 8.78 Å². The molecule has 2 nitrogen and oxygen atoms in total. The fourth-order valence-electron chi connectivity index (χ4n) is 2.11. The molecule has 2 N–H and O–H groups in total. The highest BCUT2D eigenvalue weighted by molar-refractivity contribution is 5.20. The maximum absolute atomic E-state index is 13.3. The van der Waals surface area contributed by atoms with Crippen molar-refractivity contribution < 1.29 is 13.9 Å². The number of rotatable bonds is 3. The molecule has 2 unspecified atom stereocenters. The average Bonchev–Trinajstić information content (AvgIpc) is 2.78. The van der Waals surface area contributed by atoms with Crippen LogP contribution in [0.5, 0.6) is 0 Å². The van der Waals surface area contributed by atoms with Gasteiger partial charge in [-0.15, -0.1) is 0 Å². The SMILES string of the molecule is OC(Cc1cccc(F)c1F)C1CCCN1. The molecule has 0 aliphatic carbocycles. The number of nitrogens with one attached hydrogen (secondary N) is 1. The van der Waals surface area contributed by atoms with Crippen LogP contribution >= 0.6 is 0 Å². The van der Waals surface area contributed by atoms with E-state index in [-0.39, 0.29) is 18.0 Å². The van der Waals surface area contributed by atoms with Crippen molar-refractivity contribution in [2.24, 2.45) is 0 Å². The zero-order valence-electron chi connectivity index (χ0n) is 8.92. The van der Waals surface area contributed by atoms with Crippen LogP contribution in [-0.2, 0) is 6.42 Å². The van der Waals surface area contributed by atoms with Crippen molar-refractivity contribution in [1.29, 1.82) is 0 Å². The van der Waals surface area contributed by atoms with Crippen LogP contribution in [0.2, 0.25) is 0 Å². The Hall–Kier alpha value is -1.00. The maximum Gasteiger partial charge on any atom is 0.162 e. The van der Waals surface area contributed by atoms with Crippen molar-refractivity contribution in [2.75, 3.05) is 6.54 Å². The lowest BCUT2D eigenvalue weighted by atomic mass is 10.0. The molecule has 0 amide bonds. The molecule has 0 aromatic heterocycles. The number of halogens is 2. The fraction of sp³-hybridized carbons (Fsp3) is 0.500. The zero-order valence-corrected chi connectivity index (χ0v) is 8.92. The largest absolute Gasteiger partial charge is 0.391 e. The van der Waals surface area contributed by atoms with Crippen molar-refractivity contribution in [2.45, 2.75) is 31.4 Å². The van der Waals surface area contributed by atoms with Crippen molar-refractivity contribution >= 4 is 0 Å². The number of aliphatic hydroxyl groups is 1. The van der Waals surface area contributed by atoms with Crippen LogP contribution in [0.1, 0.15) is 18.4 Å². The summed E-state index contributed by atoms with van der Waals surface area (Å²) in [4.78, 5) is 0. The topological polar surface area (TPSA) is 32.3 Å². The molecule has 0 bridgehead atoms. The minimum Gasteiger partial charge on any atom is -0.391 e. The third-order valence-electron chi connectivity index (χ3n) is 3.02. The first-order chi connectivity index (χ1) is 7.68. The van der Waals surface area contributed by atoms with Crippen molar-refractivity contribution in [3.63, 3.8) is 0 Å². The lowest BCUT2D eigenvalue weighted by Gasteiger charge is -2.18. The molecule has 1 aliphatic heterocycles. The van der Waals surface area contributed by atoms with Gasteiger partial charge in [0.25, 0.3) is 0 Å². The summed E-state index contributed by atoms with van der Waals surface area (Å²) >= 11 is 0. The maximum atomic E-state index is 13.3. The number of hydrogen-bond donors (Lipinski definition) is 2. The molecule has 1 fully saturated rings. The summed E-state index contributed by atoms with van der Waals surface area (Å²) in [5.74, 6) is -1.70. The summed E-state index contributed by atoms with van der Waals surface area (Å²) in [5, 5.41) is 13.0. The Balaban J connectivity index is 2.05. The lowest BCUT2D eigenvalue weighted by Crippen LogP contribution is -2.36. The smallest absolute Gasteiger partial charge is 0.162 e. The monoisotopic (exact) mass is 227 g/mol. The normalized spacial score (nSPS) is 22.3. The Labute approximate surface area is 93.3 Å². The van der Waals surface area contributed by atoms with Gasteiger partial charge < -0.3 is 10.4 Å². The Morgan fingerprint density at radius 3 is 2.94 bits per heavy atom. The van der Waals surface area contributed by atoms with Crippen LogP contribution in [0.15, 0.2) is 18.2 Å². The Kier molecular flexibility index (Phi) is 3.51. The molecule has 88 valence electrons. The predicted molar refractivity (Wildman–Crippen MR) is 57.1 cm³/mol. The highest BCUT2D eigenvalue weighted by atomic mass is 19.2. The second-order valence-corrected chi connectivity index (χ2v) is 4.19. The molecule has 1 heterocycles. The van der Waals surface area contributed by atoms with Gasteiger partial charge in [-0.2, -0.15) is 0 Å². The van der Waals surface area contributed by atoms with E-state index in [1.807, 2.05) is 0 Å². The van der Waals surface area contributed by atoms with Crippen molar-refractivity contribution in [3.05, 3.63) is 35.4 Å². The standard InChI is InChI=1S/C12H15F2NO/c13-9-4-1-3-8(12(9)14)7-11(16)10-5-2-6-15-10/h1,3-4,10-11,15-16H,2,5-7H2. The molecule has 1 aromatic rings. The summed E-state index contributed by atoms with van der Waals surface area (Å²) in [6.07, 6.45) is 1.41. The highest BCUT2D eigenvalue weighted by Gasteiger charge is 2.23. The summed E-state index contributed by atoms with van der Waals surface area (Å²) in [7, 11) is 0. The molecule has 2 rings (SSSR count). The predicted octanol–water partition coefficient (Wildman–Crippen LogP) is 1.62. The quantitative estimate of drug-likeness (QED) is 0.822. The van der Waals surface area contributed by atoms with E-state index >= 15 is 0 Å². The van der Waals surface area contributed by atoms with Crippen LogP contribution in [-0.4, -0.2) is 23.8 Å². The summed E-state index contributed by atoms with van der Waals surface area (Å²) in [5.41, 5.74) is 0.237. The van der Waals surface area contributed by atoms with Gasteiger partial charge in [0, 0.05) is 12.5 Å². The van der Waals surface area contributed by atoms with E-state index in [0.717, 1.165) is 25.5 Å². The molecule has 4 heteroatoms. The Morgan fingerprint density at radius 1 is 1.44 bits per heavy atom. The first-order valence-corrected chi connectivity index (χ1v) is 5.53. The van der Waals surface area contributed by atoms with E-state index in [4.69, 9.17) is 0 Å². The summed E-state index contributed by atoms with van der Waals surface area (Å²) in [6.45, 7) is 0.882. The molecule has 0 spiro atoms. The summed E-state index contributed by atoms with van der Waals surface area (Å²) in [6, 6.07) is 4.06. The summed E-state index contributed by atoms with van der Waals surface area (Å²) < 4.78 is 26.3. The van der Waals surface area contributed by atoms with Gasteiger partial charge in [0.15, 0.2) is 11.6 Å². The van der Waals surface area contributed by atoms with E-state index in [9.17, 15) is 13.9 Å². The van der Waals surface area contributed by atoms with E-state index in [0.29, 0.717) is 0 Å². The molecule has 1 aliphatic rings. The molecule has 0 saturated carbocycles. The molecule has 1 saturated heterocycles. The fourth-order valence-corrected chi connectivity index (χ4v) is 2.11. The first kappa shape index (κ1) is 11.5. The average molecular weight is 227 g/mol. The first-order valence-electron chi connectivity index (χ1n) is 5.53. The van der Waals surface area contributed by atoms with Gasteiger partial charge in [-0.1, -0.05) is 12.1 Å². The van der Waals surface area contributed by atoms with Crippen LogP contribution in [0.3, 0.4) is 0 Å².